The van der Waals surface area contributed by atoms with E-state index < -0.39 is 0 Å². The van der Waals surface area contributed by atoms with Crippen molar-refractivity contribution in [3.05, 3.63) is 27.2 Å². The van der Waals surface area contributed by atoms with Crippen LogP contribution in [-0.2, 0) is 7.05 Å². The Labute approximate surface area is 110 Å². The molecule has 104 valence electrons. The van der Waals surface area contributed by atoms with Crippen molar-refractivity contribution in [3.8, 4) is 0 Å². The maximum atomic E-state index is 12.3. The summed E-state index contributed by atoms with van der Waals surface area (Å²) in [5.74, 6) is 0. The van der Waals surface area contributed by atoms with E-state index in [9.17, 15) is 9.59 Å². The van der Waals surface area contributed by atoms with Crippen molar-refractivity contribution >= 4 is 11.2 Å². The molecule has 7 heteroatoms. The second-order valence-electron chi connectivity index (χ2n) is 5.02. The zero-order valence-corrected chi connectivity index (χ0v) is 11.6. The molecule has 1 atom stereocenters. The molecule has 0 aromatic carbocycles. The second-order valence-corrected chi connectivity index (χ2v) is 5.02. The van der Waals surface area contributed by atoms with E-state index in [4.69, 9.17) is 5.73 Å². The standard InChI is InChI=1S/C12H19N5O2/c1-7(2)17-10-9(11(18)15(4)12(17)19)16(6-14-10)8(3)5-13/h6-8H,5,13H2,1-4H3. The zero-order valence-electron chi connectivity index (χ0n) is 11.6. The summed E-state index contributed by atoms with van der Waals surface area (Å²) in [5.41, 5.74) is 5.80. The lowest BCUT2D eigenvalue weighted by molar-refractivity contribution is 0.545. The van der Waals surface area contributed by atoms with Gasteiger partial charge in [0.15, 0.2) is 11.2 Å². The Morgan fingerprint density at radius 2 is 1.95 bits per heavy atom. The molecule has 2 heterocycles. The highest BCUT2D eigenvalue weighted by molar-refractivity contribution is 5.70. The first-order chi connectivity index (χ1) is 8.90. The maximum absolute atomic E-state index is 12.3. The van der Waals surface area contributed by atoms with Gasteiger partial charge in [-0.15, -0.1) is 0 Å². The predicted octanol–water partition coefficient (Wildman–Crippen LogP) is -0.00270. The minimum atomic E-state index is -0.349. The van der Waals surface area contributed by atoms with E-state index in [-0.39, 0.29) is 23.3 Å². The van der Waals surface area contributed by atoms with Gasteiger partial charge in [-0.25, -0.2) is 9.78 Å². The van der Waals surface area contributed by atoms with Crippen molar-refractivity contribution in [1.82, 2.24) is 18.7 Å². The van der Waals surface area contributed by atoms with Crippen LogP contribution in [0.25, 0.3) is 11.2 Å². The lowest BCUT2D eigenvalue weighted by atomic mass is 10.3. The molecule has 2 aromatic rings. The first kappa shape index (κ1) is 13.5. The predicted molar refractivity (Wildman–Crippen MR) is 73.4 cm³/mol. The summed E-state index contributed by atoms with van der Waals surface area (Å²) in [4.78, 5) is 28.6. The van der Waals surface area contributed by atoms with Crippen LogP contribution < -0.4 is 17.0 Å². The average molecular weight is 265 g/mol. The Kier molecular flexibility index (Phi) is 3.32. The summed E-state index contributed by atoms with van der Waals surface area (Å²) >= 11 is 0. The molecule has 2 N–H and O–H groups in total. The average Bonchev–Trinajstić information content (AvgIpc) is 2.79. The summed E-state index contributed by atoms with van der Waals surface area (Å²) in [6.45, 7) is 6.08. The van der Waals surface area contributed by atoms with Gasteiger partial charge in [0.1, 0.15) is 0 Å². The second kappa shape index (κ2) is 4.65. The van der Waals surface area contributed by atoms with Crippen molar-refractivity contribution in [2.45, 2.75) is 32.9 Å². The van der Waals surface area contributed by atoms with Gasteiger partial charge < -0.3 is 10.3 Å². The van der Waals surface area contributed by atoms with Crippen LogP contribution in [-0.4, -0.2) is 25.2 Å². The molecule has 0 fully saturated rings. The summed E-state index contributed by atoms with van der Waals surface area (Å²) < 4.78 is 4.37. The Morgan fingerprint density at radius 1 is 1.32 bits per heavy atom. The monoisotopic (exact) mass is 265 g/mol. The molecule has 2 aromatic heterocycles. The van der Waals surface area contributed by atoms with Gasteiger partial charge in [-0.3, -0.25) is 13.9 Å². The minimum absolute atomic E-state index is 0.0455. The normalized spacial score (nSPS) is 13.4. The number of aromatic nitrogens is 4. The fraction of sp³-hybridized carbons (Fsp3) is 0.583. The van der Waals surface area contributed by atoms with Crippen molar-refractivity contribution in [2.24, 2.45) is 12.8 Å². The van der Waals surface area contributed by atoms with Gasteiger partial charge in [-0.1, -0.05) is 0 Å². The van der Waals surface area contributed by atoms with Crippen molar-refractivity contribution in [2.75, 3.05) is 6.54 Å². The maximum Gasteiger partial charge on any atom is 0.332 e. The van der Waals surface area contributed by atoms with Crippen LogP contribution in [0.2, 0.25) is 0 Å². The Balaban J connectivity index is 2.97. The number of nitrogens with zero attached hydrogens (tertiary/aromatic N) is 4. The Morgan fingerprint density at radius 3 is 2.47 bits per heavy atom. The topological polar surface area (TPSA) is 87.8 Å². The highest BCUT2D eigenvalue weighted by Gasteiger charge is 2.19. The molecule has 0 spiro atoms. The van der Waals surface area contributed by atoms with Gasteiger partial charge in [0.05, 0.1) is 6.33 Å². The molecule has 7 nitrogen and oxygen atoms in total. The summed E-state index contributed by atoms with van der Waals surface area (Å²) in [6.07, 6.45) is 1.57. The molecule has 0 aliphatic rings. The molecule has 0 amide bonds. The van der Waals surface area contributed by atoms with Gasteiger partial charge in [0.25, 0.3) is 5.56 Å². The van der Waals surface area contributed by atoms with E-state index in [0.29, 0.717) is 17.7 Å². The van der Waals surface area contributed by atoms with Gasteiger partial charge in [0.2, 0.25) is 0 Å². The Hall–Kier alpha value is -1.89. The SMILES string of the molecule is CC(CN)n1cnc2c1c(=O)n(C)c(=O)n2C(C)C. The lowest BCUT2D eigenvalue weighted by Crippen LogP contribution is -2.39. The third-order valence-electron chi connectivity index (χ3n) is 3.34. The quantitative estimate of drug-likeness (QED) is 0.846. The van der Waals surface area contributed by atoms with Crippen LogP contribution in [0.3, 0.4) is 0 Å². The smallest absolute Gasteiger partial charge is 0.328 e. The van der Waals surface area contributed by atoms with Gasteiger partial charge in [-0.2, -0.15) is 0 Å². The molecule has 0 radical (unpaired) electrons. The van der Waals surface area contributed by atoms with Crippen LogP contribution in [0.4, 0.5) is 0 Å². The number of imidazole rings is 1. The van der Waals surface area contributed by atoms with Crippen LogP contribution in [0.5, 0.6) is 0 Å². The molecule has 0 saturated heterocycles. The molecule has 2 rings (SSSR count). The number of rotatable bonds is 3. The fourth-order valence-corrected chi connectivity index (χ4v) is 2.14. The highest BCUT2D eigenvalue weighted by Crippen LogP contribution is 2.15. The molecule has 0 aliphatic carbocycles. The third kappa shape index (κ3) is 1.90. The molecular weight excluding hydrogens is 246 g/mol. The van der Waals surface area contributed by atoms with Crippen molar-refractivity contribution < 1.29 is 0 Å². The van der Waals surface area contributed by atoms with E-state index in [1.807, 2.05) is 20.8 Å². The highest BCUT2D eigenvalue weighted by atomic mass is 16.2. The largest absolute Gasteiger partial charge is 0.332 e. The van der Waals surface area contributed by atoms with Crippen LogP contribution in [0.1, 0.15) is 32.9 Å². The molecular formula is C12H19N5O2. The lowest BCUT2D eigenvalue weighted by Gasteiger charge is -2.14. The summed E-state index contributed by atoms with van der Waals surface area (Å²) in [5, 5.41) is 0. The van der Waals surface area contributed by atoms with Gasteiger partial charge >= 0.3 is 5.69 Å². The van der Waals surface area contributed by atoms with E-state index in [1.54, 1.807) is 10.9 Å². The van der Waals surface area contributed by atoms with Crippen LogP contribution in [0, 0.1) is 0 Å². The van der Waals surface area contributed by atoms with E-state index in [2.05, 4.69) is 4.98 Å². The first-order valence-electron chi connectivity index (χ1n) is 6.28. The molecule has 1 unspecified atom stereocenters. The van der Waals surface area contributed by atoms with Gasteiger partial charge in [-0.05, 0) is 20.8 Å². The van der Waals surface area contributed by atoms with Crippen LogP contribution in [0.15, 0.2) is 15.9 Å². The summed E-state index contributed by atoms with van der Waals surface area (Å²) in [6, 6.07) is -0.117. The summed E-state index contributed by atoms with van der Waals surface area (Å²) in [7, 11) is 1.48. The third-order valence-corrected chi connectivity index (χ3v) is 3.34. The molecule has 0 aliphatic heterocycles. The zero-order chi connectivity index (χ0) is 14.3. The Bertz CT molecular complexity index is 722. The van der Waals surface area contributed by atoms with E-state index in [1.165, 1.54) is 11.6 Å². The fourth-order valence-electron chi connectivity index (χ4n) is 2.14. The van der Waals surface area contributed by atoms with Crippen molar-refractivity contribution in [3.63, 3.8) is 0 Å². The van der Waals surface area contributed by atoms with E-state index >= 15 is 0 Å². The van der Waals surface area contributed by atoms with Crippen molar-refractivity contribution in [1.29, 1.82) is 0 Å². The number of hydrogen-bond acceptors (Lipinski definition) is 4. The van der Waals surface area contributed by atoms with E-state index in [0.717, 1.165) is 4.57 Å². The van der Waals surface area contributed by atoms with Gasteiger partial charge in [0, 0.05) is 25.7 Å². The molecule has 0 bridgehead atoms. The minimum Gasteiger partial charge on any atom is -0.328 e. The number of hydrogen-bond donors (Lipinski definition) is 1. The number of nitrogens with two attached hydrogens (primary N) is 1. The molecule has 0 saturated carbocycles. The first-order valence-corrected chi connectivity index (χ1v) is 6.28. The van der Waals surface area contributed by atoms with Crippen LogP contribution >= 0.6 is 0 Å². The molecule has 19 heavy (non-hydrogen) atoms. The number of fused-ring (bicyclic) bond motifs is 1.